The van der Waals surface area contributed by atoms with Gasteiger partial charge < -0.3 is 19.9 Å². The first-order valence-electron chi connectivity index (χ1n) is 11.7. The lowest BCUT2D eigenvalue weighted by molar-refractivity contribution is -0.0341. The van der Waals surface area contributed by atoms with Gasteiger partial charge in [0.15, 0.2) is 5.11 Å². The number of nitrogens with one attached hydrogen (secondary N) is 2. The van der Waals surface area contributed by atoms with Gasteiger partial charge in [-0.2, -0.15) is 0 Å². The Morgan fingerprint density at radius 1 is 1.11 bits per heavy atom. The van der Waals surface area contributed by atoms with E-state index in [0.29, 0.717) is 25.2 Å². The summed E-state index contributed by atoms with van der Waals surface area (Å²) in [6.07, 6.45) is 0.440. The number of halogens is 2. The number of ether oxygens (including phenoxy) is 2. The van der Waals surface area contributed by atoms with Crippen molar-refractivity contribution in [2.24, 2.45) is 5.92 Å². The van der Waals surface area contributed by atoms with E-state index in [2.05, 4.69) is 10.6 Å². The Bertz CT molecular complexity index is 1170. The van der Waals surface area contributed by atoms with Gasteiger partial charge in [0, 0.05) is 43.4 Å². The SMILES string of the molecule is COCc1ccccc1.O=C(NC(=S)NC1(c2ccc(F)cc2F)COCCC1CO)c1ccccc1. The second-order valence-electron chi connectivity index (χ2n) is 8.51. The molecule has 196 valence electrons. The fraction of sp³-hybridized carbons (Fsp3) is 0.286. The van der Waals surface area contributed by atoms with Gasteiger partial charge >= 0.3 is 0 Å². The molecule has 9 heteroatoms. The molecule has 4 rings (SSSR count). The molecule has 0 aliphatic carbocycles. The molecule has 0 bridgehead atoms. The van der Waals surface area contributed by atoms with Crippen LogP contribution in [0.25, 0.3) is 0 Å². The van der Waals surface area contributed by atoms with Crippen LogP contribution >= 0.6 is 12.2 Å². The molecule has 0 spiro atoms. The first-order valence-corrected chi connectivity index (χ1v) is 12.2. The largest absolute Gasteiger partial charge is 0.396 e. The number of aliphatic hydroxyl groups excluding tert-OH is 1. The highest BCUT2D eigenvalue weighted by Gasteiger charge is 2.45. The first kappa shape index (κ1) is 28.3. The number of carbonyl (C=O) groups is 1. The van der Waals surface area contributed by atoms with Gasteiger partial charge in [0.05, 0.1) is 18.8 Å². The van der Waals surface area contributed by atoms with Crippen molar-refractivity contribution in [3.05, 3.63) is 107 Å². The first-order chi connectivity index (χ1) is 17.9. The van der Waals surface area contributed by atoms with E-state index in [9.17, 15) is 18.7 Å². The minimum Gasteiger partial charge on any atom is -0.396 e. The van der Waals surface area contributed by atoms with Crippen molar-refractivity contribution in [1.82, 2.24) is 10.6 Å². The molecule has 2 unspecified atom stereocenters. The number of thiocarbonyl (C=S) groups is 1. The van der Waals surface area contributed by atoms with Crippen LogP contribution in [-0.2, 0) is 21.6 Å². The molecule has 6 nitrogen and oxygen atoms in total. The van der Waals surface area contributed by atoms with Gasteiger partial charge in [-0.05, 0) is 42.4 Å². The zero-order valence-electron chi connectivity index (χ0n) is 20.5. The highest BCUT2D eigenvalue weighted by molar-refractivity contribution is 7.80. The molecule has 0 saturated carbocycles. The van der Waals surface area contributed by atoms with E-state index in [1.165, 1.54) is 11.6 Å². The molecule has 1 saturated heterocycles. The Labute approximate surface area is 220 Å². The molecule has 37 heavy (non-hydrogen) atoms. The number of hydrogen-bond donors (Lipinski definition) is 3. The topological polar surface area (TPSA) is 79.8 Å². The van der Waals surface area contributed by atoms with E-state index >= 15 is 0 Å². The van der Waals surface area contributed by atoms with Crippen LogP contribution in [0.1, 0.15) is 27.9 Å². The second-order valence-corrected chi connectivity index (χ2v) is 8.92. The third-order valence-electron chi connectivity index (χ3n) is 6.02. The number of hydrogen-bond acceptors (Lipinski definition) is 5. The maximum absolute atomic E-state index is 14.6. The van der Waals surface area contributed by atoms with Crippen molar-refractivity contribution in [3.63, 3.8) is 0 Å². The van der Waals surface area contributed by atoms with Crippen molar-refractivity contribution in [3.8, 4) is 0 Å². The van der Waals surface area contributed by atoms with Crippen molar-refractivity contribution in [2.75, 3.05) is 26.9 Å². The fourth-order valence-corrected chi connectivity index (χ4v) is 4.44. The smallest absolute Gasteiger partial charge is 0.257 e. The Balaban J connectivity index is 0.000000356. The van der Waals surface area contributed by atoms with Crippen LogP contribution in [0, 0.1) is 17.6 Å². The summed E-state index contributed by atoms with van der Waals surface area (Å²) in [5, 5.41) is 15.4. The zero-order valence-corrected chi connectivity index (χ0v) is 21.3. The van der Waals surface area contributed by atoms with Crippen molar-refractivity contribution >= 4 is 23.2 Å². The van der Waals surface area contributed by atoms with Crippen molar-refractivity contribution < 1.29 is 28.2 Å². The predicted octanol–water partition coefficient (Wildman–Crippen LogP) is 4.33. The van der Waals surface area contributed by atoms with Gasteiger partial charge in [0.1, 0.15) is 11.6 Å². The van der Waals surface area contributed by atoms with Crippen LogP contribution in [0.5, 0.6) is 0 Å². The van der Waals surface area contributed by atoms with Gasteiger partial charge in [0.2, 0.25) is 0 Å². The summed E-state index contributed by atoms with van der Waals surface area (Å²) in [7, 11) is 1.70. The van der Waals surface area contributed by atoms with Gasteiger partial charge in [-0.1, -0.05) is 54.6 Å². The molecule has 1 aliphatic rings. The quantitative estimate of drug-likeness (QED) is 0.414. The van der Waals surface area contributed by atoms with E-state index in [1.54, 1.807) is 37.4 Å². The lowest BCUT2D eigenvalue weighted by Gasteiger charge is -2.44. The molecule has 0 aromatic heterocycles. The summed E-state index contributed by atoms with van der Waals surface area (Å²) < 4.78 is 38.5. The van der Waals surface area contributed by atoms with Crippen LogP contribution < -0.4 is 10.6 Å². The second kappa shape index (κ2) is 13.9. The summed E-state index contributed by atoms with van der Waals surface area (Å²) in [4.78, 5) is 12.4. The number of methoxy groups -OCH3 is 1. The Morgan fingerprint density at radius 3 is 2.41 bits per heavy atom. The molecule has 0 radical (unpaired) electrons. The molecule has 1 aliphatic heterocycles. The minimum absolute atomic E-state index is 0.00211. The molecule has 3 N–H and O–H groups in total. The molecule has 1 amide bonds. The van der Waals surface area contributed by atoms with Crippen LogP contribution in [0.15, 0.2) is 78.9 Å². The van der Waals surface area contributed by atoms with E-state index < -0.39 is 29.0 Å². The lowest BCUT2D eigenvalue weighted by atomic mass is 9.75. The summed E-state index contributed by atoms with van der Waals surface area (Å²) in [5.74, 6) is -2.37. The average molecular weight is 529 g/mol. The maximum atomic E-state index is 14.6. The Kier molecular flexibility index (Phi) is 10.6. The summed E-state index contributed by atoms with van der Waals surface area (Å²) in [5.41, 5.74) is 0.502. The maximum Gasteiger partial charge on any atom is 0.257 e. The normalized spacial score (nSPS) is 18.8. The average Bonchev–Trinajstić information content (AvgIpc) is 2.90. The summed E-state index contributed by atoms with van der Waals surface area (Å²) in [6, 6.07) is 21.8. The number of aliphatic hydroxyl groups is 1. The van der Waals surface area contributed by atoms with Crippen molar-refractivity contribution in [2.45, 2.75) is 18.6 Å². The van der Waals surface area contributed by atoms with Gasteiger partial charge in [-0.25, -0.2) is 8.78 Å². The van der Waals surface area contributed by atoms with Crippen molar-refractivity contribution in [1.29, 1.82) is 0 Å². The number of benzene rings is 3. The van der Waals surface area contributed by atoms with Gasteiger partial charge in [0.25, 0.3) is 5.91 Å². The Hall–Kier alpha value is -3.24. The monoisotopic (exact) mass is 528 g/mol. The van der Waals surface area contributed by atoms with E-state index in [0.717, 1.165) is 12.1 Å². The van der Waals surface area contributed by atoms with Crippen LogP contribution in [-0.4, -0.2) is 43.1 Å². The molecule has 3 aromatic rings. The Morgan fingerprint density at radius 2 is 1.78 bits per heavy atom. The molecular weight excluding hydrogens is 498 g/mol. The van der Waals surface area contributed by atoms with E-state index in [4.69, 9.17) is 21.7 Å². The standard InChI is InChI=1S/C20H20F2N2O3S.C8H10O/c21-15-6-7-16(17(22)10-15)20(12-27-9-8-14(20)11-25)24-19(28)23-18(26)13-4-2-1-3-5-13;1-9-7-8-5-3-2-4-6-8/h1-7,10,14,25H,8-9,11-12H2,(H2,23,24,26,28);2-6H,7H2,1H3. The number of rotatable bonds is 6. The minimum atomic E-state index is -1.24. The van der Waals surface area contributed by atoms with Gasteiger partial charge in [-0.15, -0.1) is 0 Å². The van der Waals surface area contributed by atoms with Crippen LogP contribution in [0.2, 0.25) is 0 Å². The lowest BCUT2D eigenvalue weighted by Crippen LogP contribution is -2.60. The molecule has 3 aromatic carbocycles. The summed E-state index contributed by atoms with van der Waals surface area (Å²) in [6.45, 7) is 0.839. The van der Waals surface area contributed by atoms with E-state index in [1.807, 2.05) is 30.3 Å². The number of amides is 1. The number of carbonyl (C=O) groups excluding carboxylic acids is 1. The van der Waals surface area contributed by atoms with Crippen LogP contribution in [0.3, 0.4) is 0 Å². The van der Waals surface area contributed by atoms with Crippen LogP contribution in [0.4, 0.5) is 8.78 Å². The van der Waals surface area contributed by atoms with E-state index in [-0.39, 0.29) is 23.9 Å². The molecule has 1 heterocycles. The fourth-order valence-electron chi connectivity index (χ4n) is 4.16. The highest BCUT2D eigenvalue weighted by Crippen LogP contribution is 2.37. The third kappa shape index (κ3) is 7.62. The molecule has 1 fully saturated rings. The summed E-state index contributed by atoms with van der Waals surface area (Å²) >= 11 is 5.28. The predicted molar refractivity (Wildman–Crippen MR) is 141 cm³/mol. The molecular formula is C28H30F2N2O4S. The third-order valence-corrected chi connectivity index (χ3v) is 6.23. The highest BCUT2D eigenvalue weighted by atomic mass is 32.1. The van der Waals surface area contributed by atoms with Gasteiger partial charge in [-0.3, -0.25) is 10.1 Å². The molecule has 2 atom stereocenters. The zero-order chi connectivity index (χ0) is 26.7.